The molecule has 0 bridgehead atoms. The van der Waals surface area contributed by atoms with E-state index in [0.717, 1.165) is 5.02 Å². The quantitative estimate of drug-likeness (QED) is 0.431. The first kappa shape index (κ1) is 14.8. The van der Waals surface area contributed by atoms with E-state index in [2.05, 4.69) is 12.1 Å². The molecule has 0 aliphatic carbocycles. The molecule has 0 saturated carbocycles. The minimum atomic E-state index is 0. The molecule has 0 aliphatic heterocycles. The van der Waals surface area contributed by atoms with Gasteiger partial charge in [-0.1, -0.05) is 35.9 Å². The standard InChI is InChI=1S/C11H8Cl.C5H5.Fe/c12-11-7-5-10(6-8-11)9-3-1-2-4-9;1-2-4-5-3-1;/h1-8H;1-5H;/q2*-1;+2. The van der Waals surface area contributed by atoms with E-state index in [9.17, 15) is 0 Å². The van der Waals surface area contributed by atoms with Gasteiger partial charge in [-0.05, 0) is 0 Å². The Morgan fingerprint density at radius 1 is 0.778 bits per heavy atom. The molecule has 3 aromatic rings. The molecule has 0 nitrogen and oxygen atoms in total. The Bertz CT molecular complexity index is 490. The molecule has 0 aliphatic rings. The normalized spacial score (nSPS) is 8.94. The first-order valence-corrected chi connectivity index (χ1v) is 5.88. The van der Waals surface area contributed by atoms with Crippen LogP contribution in [0.15, 0.2) is 78.9 Å². The fraction of sp³-hybridized carbons (Fsp3) is 0. The summed E-state index contributed by atoms with van der Waals surface area (Å²) in [6.45, 7) is 0. The van der Waals surface area contributed by atoms with E-state index in [0.29, 0.717) is 0 Å². The summed E-state index contributed by atoms with van der Waals surface area (Å²) in [7, 11) is 0. The molecule has 2 heteroatoms. The Morgan fingerprint density at radius 3 is 1.89 bits per heavy atom. The van der Waals surface area contributed by atoms with Crippen molar-refractivity contribution in [1.29, 1.82) is 0 Å². The molecule has 0 heterocycles. The Labute approximate surface area is 123 Å². The fourth-order valence-corrected chi connectivity index (χ4v) is 1.66. The molecule has 0 N–H and O–H groups in total. The van der Waals surface area contributed by atoms with Crippen molar-refractivity contribution in [3.05, 3.63) is 83.9 Å². The molecule has 0 fully saturated rings. The van der Waals surface area contributed by atoms with E-state index >= 15 is 0 Å². The number of rotatable bonds is 1. The molecule has 0 atom stereocenters. The van der Waals surface area contributed by atoms with Crippen LogP contribution in [0.4, 0.5) is 0 Å². The Hall–Kier alpha value is -1.27. The van der Waals surface area contributed by atoms with Crippen LogP contribution in [0.5, 0.6) is 0 Å². The maximum Gasteiger partial charge on any atom is 2.00 e. The van der Waals surface area contributed by atoms with E-state index in [1.165, 1.54) is 11.1 Å². The summed E-state index contributed by atoms with van der Waals surface area (Å²) >= 11 is 5.77. The van der Waals surface area contributed by atoms with Crippen LogP contribution in [-0.2, 0) is 17.1 Å². The minimum absolute atomic E-state index is 0. The summed E-state index contributed by atoms with van der Waals surface area (Å²) in [5.41, 5.74) is 2.45. The SMILES string of the molecule is Clc1ccc(-c2ccc[cH-]2)cc1.[Fe+2].c1cc[cH-]c1. The van der Waals surface area contributed by atoms with Gasteiger partial charge in [-0.15, -0.1) is 11.6 Å². The average Bonchev–Trinajstić information content (AvgIpc) is 3.06. The molecule has 0 aromatic heterocycles. The van der Waals surface area contributed by atoms with Gasteiger partial charge in [0.1, 0.15) is 0 Å². The molecular weight excluding hydrogens is 283 g/mol. The van der Waals surface area contributed by atoms with Gasteiger partial charge >= 0.3 is 17.1 Å². The molecule has 0 radical (unpaired) electrons. The summed E-state index contributed by atoms with van der Waals surface area (Å²) in [4.78, 5) is 0. The zero-order valence-electron chi connectivity index (χ0n) is 9.74. The van der Waals surface area contributed by atoms with Gasteiger partial charge in [-0.2, -0.15) is 42.0 Å². The van der Waals surface area contributed by atoms with Crippen molar-refractivity contribution in [2.24, 2.45) is 0 Å². The van der Waals surface area contributed by atoms with Crippen molar-refractivity contribution in [2.75, 3.05) is 0 Å². The van der Waals surface area contributed by atoms with Gasteiger partial charge in [0.15, 0.2) is 0 Å². The predicted molar refractivity (Wildman–Crippen MR) is 74.5 cm³/mol. The third-order valence-corrected chi connectivity index (χ3v) is 2.65. The molecule has 3 aromatic carbocycles. The maximum atomic E-state index is 5.77. The number of hydrogen-bond acceptors (Lipinski definition) is 0. The molecule has 0 amide bonds. The van der Waals surface area contributed by atoms with Gasteiger partial charge in [0.2, 0.25) is 0 Å². The van der Waals surface area contributed by atoms with Crippen LogP contribution in [-0.4, -0.2) is 0 Å². The summed E-state index contributed by atoms with van der Waals surface area (Å²) in [6, 6.07) is 26.1. The summed E-state index contributed by atoms with van der Waals surface area (Å²) < 4.78 is 0. The third kappa shape index (κ3) is 4.54. The molecular formula is C16H13ClFe. The van der Waals surface area contributed by atoms with Crippen LogP contribution in [0.1, 0.15) is 0 Å². The summed E-state index contributed by atoms with van der Waals surface area (Å²) in [5, 5.41) is 0.783. The smallest absolute Gasteiger partial charge is 0.214 e. The topological polar surface area (TPSA) is 0 Å². The maximum absolute atomic E-state index is 5.77. The number of hydrogen-bond donors (Lipinski definition) is 0. The molecule has 0 unspecified atom stereocenters. The molecule has 0 saturated heterocycles. The second-order valence-corrected chi connectivity index (χ2v) is 4.08. The van der Waals surface area contributed by atoms with Crippen LogP contribution in [0, 0.1) is 0 Å². The van der Waals surface area contributed by atoms with E-state index in [-0.39, 0.29) is 17.1 Å². The van der Waals surface area contributed by atoms with Gasteiger partial charge in [0.05, 0.1) is 0 Å². The fourth-order valence-electron chi connectivity index (χ4n) is 1.53. The van der Waals surface area contributed by atoms with Crippen molar-refractivity contribution in [3.63, 3.8) is 0 Å². The van der Waals surface area contributed by atoms with Crippen LogP contribution in [0.25, 0.3) is 11.1 Å². The number of halogens is 1. The molecule has 3 rings (SSSR count). The second-order valence-electron chi connectivity index (χ2n) is 3.64. The largest absolute Gasteiger partial charge is 2.00 e. The van der Waals surface area contributed by atoms with E-state index in [1.807, 2.05) is 66.7 Å². The van der Waals surface area contributed by atoms with Crippen LogP contribution < -0.4 is 0 Å². The molecule has 18 heavy (non-hydrogen) atoms. The van der Waals surface area contributed by atoms with Crippen molar-refractivity contribution < 1.29 is 17.1 Å². The zero-order valence-corrected chi connectivity index (χ0v) is 11.6. The zero-order chi connectivity index (χ0) is 11.9. The Morgan fingerprint density at radius 2 is 1.44 bits per heavy atom. The third-order valence-electron chi connectivity index (χ3n) is 2.40. The van der Waals surface area contributed by atoms with Gasteiger partial charge in [-0.3, -0.25) is 0 Å². The van der Waals surface area contributed by atoms with Crippen molar-refractivity contribution in [1.82, 2.24) is 0 Å². The van der Waals surface area contributed by atoms with Crippen LogP contribution in [0.3, 0.4) is 0 Å². The van der Waals surface area contributed by atoms with Crippen molar-refractivity contribution in [3.8, 4) is 11.1 Å². The number of benzene rings is 1. The summed E-state index contributed by atoms with van der Waals surface area (Å²) in [5.74, 6) is 0. The van der Waals surface area contributed by atoms with Crippen molar-refractivity contribution >= 4 is 11.6 Å². The van der Waals surface area contributed by atoms with Crippen molar-refractivity contribution in [2.45, 2.75) is 0 Å². The first-order valence-electron chi connectivity index (χ1n) is 5.50. The summed E-state index contributed by atoms with van der Waals surface area (Å²) in [6.07, 6.45) is 0. The predicted octanol–water partition coefficient (Wildman–Crippen LogP) is 5.13. The van der Waals surface area contributed by atoms with E-state index in [1.54, 1.807) is 0 Å². The molecule has 0 spiro atoms. The first-order chi connectivity index (χ1) is 8.36. The van der Waals surface area contributed by atoms with Crippen LogP contribution >= 0.6 is 11.6 Å². The van der Waals surface area contributed by atoms with E-state index in [4.69, 9.17) is 11.6 Å². The second kappa shape index (κ2) is 7.94. The average molecular weight is 297 g/mol. The minimum Gasteiger partial charge on any atom is -0.214 e. The van der Waals surface area contributed by atoms with Gasteiger partial charge in [0.25, 0.3) is 0 Å². The van der Waals surface area contributed by atoms with Gasteiger partial charge in [0, 0.05) is 5.02 Å². The molecule has 92 valence electrons. The van der Waals surface area contributed by atoms with Crippen LogP contribution in [0.2, 0.25) is 5.02 Å². The Kier molecular flexibility index (Phi) is 6.53. The monoisotopic (exact) mass is 296 g/mol. The Balaban J connectivity index is 0.000000230. The van der Waals surface area contributed by atoms with Gasteiger partial charge < -0.3 is 0 Å². The van der Waals surface area contributed by atoms with E-state index < -0.39 is 0 Å². The van der Waals surface area contributed by atoms with Gasteiger partial charge in [-0.25, -0.2) is 12.1 Å².